The van der Waals surface area contributed by atoms with Gasteiger partial charge in [-0.15, -0.1) is 5.10 Å². The number of hydrogen-bond acceptors (Lipinski definition) is 7. The Morgan fingerprint density at radius 2 is 1.96 bits per heavy atom. The molecule has 0 aliphatic heterocycles. The summed E-state index contributed by atoms with van der Waals surface area (Å²) >= 11 is 1.15. The van der Waals surface area contributed by atoms with E-state index in [2.05, 4.69) is 20.5 Å². The second-order valence-electron chi connectivity index (χ2n) is 5.72. The molecule has 0 aliphatic rings. The quantitative estimate of drug-likeness (QED) is 0.354. The minimum Gasteiger partial charge on any atom is -0.497 e. The second-order valence-corrected chi connectivity index (χ2v) is 7.03. The normalized spacial score (nSPS) is 11.6. The van der Waals surface area contributed by atoms with Crippen LogP contribution < -0.4 is 10.1 Å². The smallest absolute Gasteiger partial charge is 0.292 e. The fourth-order valence-corrected chi connectivity index (χ4v) is 3.09. The molecule has 0 saturated carbocycles. The number of anilines is 1. The molecular weight excluding hydrogens is 382 g/mol. The number of nitro groups is 1. The van der Waals surface area contributed by atoms with Crippen LogP contribution in [0.5, 0.6) is 5.75 Å². The summed E-state index contributed by atoms with van der Waals surface area (Å²) in [5.41, 5.74) is 0.823. The maximum Gasteiger partial charge on any atom is 0.292 e. The SMILES string of the molecule is COc1ccc(-c2nc(S[C@@H](C)C(=O)Nc3ccccc3[N+](=O)[O-])n[nH]2)cc1. The predicted octanol–water partition coefficient (Wildman–Crippen LogP) is 3.51. The summed E-state index contributed by atoms with van der Waals surface area (Å²) in [4.78, 5) is 27.3. The van der Waals surface area contributed by atoms with Crippen LogP contribution in [0.1, 0.15) is 6.92 Å². The third-order valence-corrected chi connectivity index (χ3v) is 4.80. The zero-order valence-electron chi connectivity index (χ0n) is 15.1. The number of thioether (sulfide) groups is 1. The lowest BCUT2D eigenvalue weighted by Crippen LogP contribution is -2.23. The number of aromatic amines is 1. The Morgan fingerprint density at radius 3 is 2.64 bits per heavy atom. The molecule has 0 fully saturated rings. The van der Waals surface area contributed by atoms with Crippen molar-refractivity contribution in [3.05, 3.63) is 58.6 Å². The number of nitrogens with one attached hydrogen (secondary N) is 2. The Balaban J connectivity index is 1.66. The van der Waals surface area contributed by atoms with Gasteiger partial charge in [0, 0.05) is 11.6 Å². The largest absolute Gasteiger partial charge is 0.497 e. The van der Waals surface area contributed by atoms with Crippen molar-refractivity contribution in [2.24, 2.45) is 0 Å². The third-order valence-electron chi connectivity index (χ3n) is 3.84. The number of benzene rings is 2. The predicted molar refractivity (Wildman–Crippen MR) is 105 cm³/mol. The monoisotopic (exact) mass is 399 g/mol. The standard InChI is InChI=1S/C18H17N5O4S/c1-11(17(24)19-14-5-3-4-6-15(14)23(25)26)28-18-20-16(21-22-18)12-7-9-13(27-2)10-8-12/h3-11H,1-2H3,(H,19,24)(H,20,21,22)/t11-/m0/s1. The van der Waals surface area contributed by atoms with E-state index in [4.69, 9.17) is 4.74 Å². The first-order valence-electron chi connectivity index (χ1n) is 8.25. The molecule has 144 valence electrons. The van der Waals surface area contributed by atoms with Crippen LogP contribution in [0.15, 0.2) is 53.7 Å². The third kappa shape index (κ3) is 4.46. The van der Waals surface area contributed by atoms with Gasteiger partial charge in [0.25, 0.3) is 5.69 Å². The Kier molecular flexibility index (Phi) is 5.90. The lowest BCUT2D eigenvalue weighted by molar-refractivity contribution is -0.383. The van der Waals surface area contributed by atoms with Gasteiger partial charge in [0.15, 0.2) is 5.82 Å². The molecule has 1 amide bonds. The summed E-state index contributed by atoms with van der Waals surface area (Å²) < 4.78 is 5.12. The van der Waals surface area contributed by atoms with Crippen LogP contribution in [-0.2, 0) is 4.79 Å². The number of methoxy groups -OCH3 is 1. The topological polar surface area (TPSA) is 123 Å². The molecule has 0 unspecified atom stereocenters. The van der Waals surface area contributed by atoms with Gasteiger partial charge in [0.2, 0.25) is 11.1 Å². The van der Waals surface area contributed by atoms with E-state index in [-0.39, 0.29) is 17.3 Å². The number of ether oxygens (including phenoxy) is 1. The Bertz CT molecular complexity index is 990. The minimum absolute atomic E-state index is 0.152. The molecule has 1 atom stereocenters. The van der Waals surface area contributed by atoms with Crippen LogP contribution in [-0.4, -0.2) is 38.4 Å². The first-order valence-corrected chi connectivity index (χ1v) is 9.13. The Hall–Kier alpha value is -3.40. The molecule has 3 aromatic rings. The molecule has 0 spiro atoms. The molecular formula is C18H17N5O4S. The van der Waals surface area contributed by atoms with E-state index in [1.165, 1.54) is 12.1 Å². The van der Waals surface area contributed by atoms with Crippen LogP contribution in [0, 0.1) is 10.1 Å². The highest BCUT2D eigenvalue weighted by Gasteiger charge is 2.21. The van der Waals surface area contributed by atoms with Crippen molar-refractivity contribution in [2.75, 3.05) is 12.4 Å². The van der Waals surface area contributed by atoms with Crippen LogP contribution >= 0.6 is 11.8 Å². The van der Waals surface area contributed by atoms with Gasteiger partial charge in [-0.3, -0.25) is 20.0 Å². The van der Waals surface area contributed by atoms with Gasteiger partial charge in [-0.1, -0.05) is 23.9 Å². The Morgan fingerprint density at radius 1 is 1.25 bits per heavy atom. The second kappa shape index (κ2) is 8.53. The van der Waals surface area contributed by atoms with Crippen molar-refractivity contribution in [1.29, 1.82) is 0 Å². The van der Waals surface area contributed by atoms with Crippen molar-refractivity contribution in [3.8, 4) is 17.1 Å². The van der Waals surface area contributed by atoms with E-state index in [1.807, 2.05) is 24.3 Å². The highest BCUT2D eigenvalue weighted by Crippen LogP contribution is 2.27. The number of aromatic nitrogens is 3. The molecule has 3 rings (SSSR count). The van der Waals surface area contributed by atoms with E-state index in [0.29, 0.717) is 11.0 Å². The molecule has 0 aliphatic carbocycles. The van der Waals surface area contributed by atoms with E-state index in [0.717, 1.165) is 23.1 Å². The molecule has 0 bridgehead atoms. The molecule has 2 aromatic carbocycles. The first kappa shape index (κ1) is 19.4. The number of para-hydroxylation sites is 2. The van der Waals surface area contributed by atoms with Gasteiger partial charge in [0.1, 0.15) is 11.4 Å². The van der Waals surface area contributed by atoms with Gasteiger partial charge < -0.3 is 10.1 Å². The van der Waals surface area contributed by atoms with Gasteiger partial charge in [-0.05, 0) is 37.3 Å². The maximum atomic E-state index is 12.4. The summed E-state index contributed by atoms with van der Waals surface area (Å²) in [6.07, 6.45) is 0. The van der Waals surface area contributed by atoms with Gasteiger partial charge in [-0.2, -0.15) is 0 Å². The zero-order chi connectivity index (χ0) is 20.1. The summed E-state index contributed by atoms with van der Waals surface area (Å²) in [5, 5.41) is 20.4. The fourth-order valence-electron chi connectivity index (χ4n) is 2.36. The molecule has 1 aromatic heterocycles. The molecule has 0 saturated heterocycles. The number of carbonyl (C=O) groups excluding carboxylic acids is 1. The summed E-state index contributed by atoms with van der Waals surface area (Å²) in [6, 6.07) is 13.3. The zero-order valence-corrected chi connectivity index (χ0v) is 15.9. The van der Waals surface area contributed by atoms with Crippen molar-refractivity contribution in [3.63, 3.8) is 0 Å². The molecule has 28 heavy (non-hydrogen) atoms. The number of nitro benzene ring substituents is 1. The number of hydrogen-bond donors (Lipinski definition) is 2. The first-order chi connectivity index (χ1) is 13.5. The fraction of sp³-hybridized carbons (Fsp3) is 0.167. The van der Waals surface area contributed by atoms with Crippen LogP contribution in [0.25, 0.3) is 11.4 Å². The van der Waals surface area contributed by atoms with Gasteiger partial charge >= 0.3 is 0 Å². The highest BCUT2D eigenvalue weighted by molar-refractivity contribution is 8.00. The van der Waals surface area contributed by atoms with Gasteiger partial charge in [-0.25, -0.2) is 4.98 Å². The van der Waals surface area contributed by atoms with Gasteiger partial charge in [0.05, 0.1) is 17.3 Å². The maximum absolute atomic E-state index is 12.4. The molecule has 2 N–H and O–H groups in total. The molecule has 10 heteroatoms. The number of rotatable bonds is 7. The summed E-state index contributed by atoms with van der Waals surface area (Å²) in [5.74, 6) is 0.921. The van der Waals surface area contributed by atoms with E-state index in [9.17, 15) is 14.9 Å². The van der Waals surface area contributed by atoms with Crippen molar-refractivity contribution < 1.29 is 14.5 Å². The average molecular weight is 399 g/mol. The Labute approximate surface area is 164 Å². The summed E-state index contributed by atoms with van der Waals surface area (Å²) in [6.45, 7) is 1.68. The summed E-state index contributed by atoms with van der Waals surface area (Å²) in [7, 11) is 1.59. The van der Waals surface area contributed by atoms with Crippen molar-refractivity contribution in [1.82, 2.24) is 15.2 Å². The average Bonchev–Trinajstić information content (AvgIpc) is 3.16. The van der Waals surface area contributed by atoms with Crippen LogP contribution in [0.3, 0.4) is 0 Å². The van der Waals surface area contributed by atoms with Crippen LogP contribution in [0.4, 0.5) is 11.4 Å². The van der Waals surface area contributed by atoms with Crippen molar-refractivity contribution in [2.45, 2.75) is 17.3 Å². The molecule has 9 nitrogen and oxygen atoms in total. The lowest BCUT2D eigenvalue weighted by Gasteiger charge is -2.10. The number of carbonyl (C=O) groups is 1. The highest BCUT2D eigenvalue weighted by atomic mass is 32.2. The molecule has 1 heterocycles. The number of nitrogens with zero attached hydrogens (tertiary/aromatic N) is 3. The van der Waals surface area contributed by atoms with E-state index < -0.39 is 10.2 Å². The van der Waals surface area contributed by atoms with Crippen molar-refractivity contribution >= 4 is 29.0 Å². The lowest BCUT2D eigenvalue weighted by atomic mass is 10.2. The van der Waals surface area contributed by atoms with E-state index >= 15 is 0 Å². The molecule has 0 radical (unpaired) electrons. The number of H-pyrrole nitrogens is 1. The number of amides is 1. The van der Waals surface area contributed by atoms with Crippen LogP contribution in [0.2, 0.25) is 0 Å². The minimum atomic E-state index is -0.556. The van der Waals surface area contributed by atoms with E-state index in [1.54, 1.807) is 26.2 Å².